The molecule has 0 spiro atoms. The number of methoxy groups -OCH3 is 1. The molecule has 0 saturated carbocycles. The maximum absolute atomic E-state index is 15.0. The number of hydrogen-bond acceptors (Lipinski definition) is 6. The Kier molecular flexibility index (Phi) is 7.57. The molecule has 1 saturated heterocycles. The Balaban J connectivity index is 2.03. The second-order valence-electron chi connectivity index (χ2n) is 9.58. The minimum absolute atomic E-state index is 0.0951. The number of pyridine rings is 2. The van der Waals surface area contributed by atoms with E-state index in [2.05, 4.69) is 28.7 Å². The van der Waals surface area contributed by atoms with Crippen molar-refractivity contribution in [3.63, 3.8) is 0 Å². The van der Waals surface area contributed by atoms with Crippen molar-refractivity contribution in [2.24, 2.45) is 5.41 Å². The van der Waals surface area contributed by atoms with E-state index < -0.39 is 11.8 Å². The summed E-state index contributed by atoms with van der Waals surface area (Å²) in [5.41, 5.74) is 3.56. The van der Waals surface area contributed by atoms with Gasteiger partial charge >= 0.3 is 5.97 Å². The Hall–Kier alpha value is -2.74. The normalized spacial score (nSPS) is 17.5. The molecule has 3 heterocycles. The Bertz CT molecular complexity index is 1000. The van der Waals surface area contributed by atoms with Crippen LogP contribution in [0.4, 0.5) is 10.1 Å². The van der Waals surface area contributed by atoms with Crippen molar-refractivity contribution >= 4 is 11.7 Å². The highest BCUT2D eigenvalue weighted by molar-refractivity contribution is 5.84. The lowest BCUT2D eigenvalue weighted by Gasteiger charge is -2.40. The lowest BCUT2D eigenvalue weighted by molar-refractivity contribution is -0.136. The van der Waals surface area contributed by atoms with Crippen molar-refractivity contribution in [1.29, 1.82) is 0 Å². The summed E-state index contributed by atoms with van der Waals surface area (Å²) in [5.74, 6) is -1.61. The van der Waals surface area contributed by atoms with Crippen LogP contribution >= 0.6 is 0 Å². The average Bonchev–Trinajstić information content (AvgIpc) is 2.76. The third kappa shape index (κ3) is 5.79. The van der Waals surface area contributed by atoms with Gasteiger partial charge in [0.15, 0.2) is 5.82 Å². The Morgan fingerprint density at radius 3 is 2.45 bits per heavy atom. The van der Waals surface area contributed by atoms with Gasteiger partial charge in [-0.3, -0.25) is 9.78 Å². The van der Waals surface area contributed by atoms with Crippen molar-refractivity contribution in [1.82, 2.24) is 9.97 Å². The zero-order valence-electron chi connectivity index (χ0n) is 20.3. The Morgan fingerprint density at radius 2 is 1.88 bits per heavy atom. The maximum Gasteiger partial charge on any atom is 0.307 e. The van der Waals surface area contributed by atoms with Crippen molar-refractivity contribution in [2.75, 3.05) is 25.1 Å². The number of carboxylic acid groups (broad SMARTS) is 1. The molecule has 2 aromatic heterocycles. The summed E-state index contributed by atoms with van der Waals surface area (Å²) in [6.45, 7) is 11.5. The summed E-state index contributed by atoms with van der Waals surface area (Å²) in [4.78, 5) is 22.5. The summed E-state index contributed by atoms with van der Waals surface area (Å²) in [6, 6.07) is 1.38. The minimum atomic E-state index is -0.926. The number of halogens is 1. The predicted molar refractivity (Wildman–Crippen MR) is 125 cm³/mol. The number of hydrogen-bond donors (Lipinski definition) is 1. The molecule has 0 bridgehead atoms. The number of anilines is 1. The molecule has 0 radical (unpaired) electrons. The third-order valence-electron chi connectivity index (χ3n) is 6.58. The van der Waals surface area contributed by atoms with Crippen LogP contribution in [-0.4, -0.2) is 53.5 Å². The number of aryl methyl sites for hydroxylation is 1. The average molecular weight is 460 g/mol. The van der Waals surface area contributed by atoms with Crippen molar-refractivity contribution in [3.8, 4) is 17.0 Å². The van der Waals surface area contributed by atoms with Gasteiger partial charge in [0.2, 0.25) is 0 Å². The van der Waals surface area contributed by atoms with E-state index in [1.807, 2.05) is 13.8 Å². The topological polar surface area (TPSA) is 84.8 Å². The quantitative estimate of drug-likeness (QED) is 0.615. The smallest absolute Gasteiger partial charge is 0.307 e. The fourth-order valence-corrected chi connectivity index (χ4v) is 4.03. The molecule has 7 nitrogen and oxygen atoms in total. The van der Waals surface area contributed by atoms with Gasteiger partial charge in [-0.25, -0.2) is 9.37 Å². The molecule has 2 aromatic rings. The van der Waals surface area contributed by atoms with Crippen LogP contribution in [-0.2, 0) is 16.0 Å². The summed E-state index contributed by atoms with van der Waals surface area (Å²) >= 11 is 0. The standard InChI is InChI=1S/C25H34FN3O4/c1-15-19(12-22(30)31)23(29-9-7-25(4,5)8-10-29)20(14-27-15)18-11-21(26)24(28-13-18)33-17(3)16(2)32-6/h11,13-14,16-17H,7-10,12H2,1-6H3,(H,30,31). The highest BCUT2D eigenvalue weighted by Gasteiger charge is 2.29. The Labute approximate surface area is 195 Å². The zero-order valence-corrected chi connectivity index (χ0v) is 20.3. The third-order valence-corrected chi connectivity index (χ3v) is 6.58. The van der Waals surface area contributed by atoms with E-state index in [0.29, 0.717) is 22.4 Å². The van der Waals surface area contributed by atoms with Gasteiger partial charge in [0.1, 0.15) is 6.10 Å². The van der Waals surface area contributed by atoms with E-state index in [4.69, 9.17) is 9.47 Å². The zero-order chi connectivity index (χ0) is 24.3. The summed E-state index contributed by atoms with van der Waals surface area (Å²) in [5, 5.41) is 9.54. The minimum Gasteiger partial charge on any atom is -0.481 e. The number of rotatable bonds is 8. The molecule has 1 N–H and O–H groups in total. The van der Waals surface area contributed by atoms with Gasteiger partial charge in [-0.05, 0) is 45.1 Å². The summed E-state index contributed by atoms with van der Waals surface area (Å²) in [7, 11) is 1.57. The van der Waals surface area contributed by atoms with Gasteiger partial charge in [-0.15, -0.1) is 0 Å². The lowest BCUT2D eigenvalue weighted by Crippen LogP contribution is -2.38. The highest BCUT2D eigenvalue weighted by Crippen LogP contribution is 2.40. The van der Waals surface area contributed by atoms with Crippen LogP contribution in [0.5, 0.6) is 5.88 Å². The van der Waals surface area contributed by atoms with Gasteiger partial charge in [-0.1, -0.05) is 13.8 Å². The molecule has 1 aliphatic rings. The molecule has 3 rings (SSSR count). The Morgan fingerprint density at radius 1 is 1.21 bits per heavy atom. The molecule has 0 amide bonds. The van der Waals surface area contributed by atoms with Gasteiger partial charge in [-0.2, -0.15) is 0 Å². The molecule has 2 unspecified atom stereocenters. The van der Waals surface area contributed by atoms with Crippen molar-refractivity contribution < 1.29 is 23.8 Å². The van der Waals surface area contributed by atoms with Crippen LogP contribution in [0, 0.1) is 18.2 Å². The number of carbonyl (C=O) groups is 1. The molecule has 8 heteroatoms. The van der Waals surface area contributed by atoms with E-state index in [0.717, 1.165) is 31.6 Å². The second-order valence-corrected chi connectivity index (χ2v) is 9.58. The molecule has 0 aromatic carbocycles. The first-order chi connectivity index (χ1) is 15.5. The molecule has 33 heavy (non-hydrogen) atoms. The van der Waals surface area contributed by atoms with Gasteiger partial charge in [0, 0.05) is 55.0 Å². The van der Waals surface area contributed by atoms with Gasteiger partial charge in [0.25, 0.3) is 5.88 Å². The number of carboxylic acids is 1. The first-order valence-corrected chi connectivity index (χ1v) is 11.3. The van der Waals surface area contributed by atoms with Crippen molar-refractivity contribution in [3.05, 3.63) is 35.5 Å². The molecular formula is C25H34FN3O4. The lowest BCUT2D eigenvalue weighted by atomic mass is 9.82. The van der Waals surface area contributed by atoms with Gasteiger partial charge in [0.05, 0.1) is 18.2 Å². The summed E-state index contributed by atoms with van der Waals surface area (Å²) in [6.07, 6.45) is 4.45. The first kappa shape index (κ1) is 24.9. The van der Waals surface area contributed by atoms with Crippen LogP contribution in [0.1, 0.15) is 51.8 Å². The van der Waals surface area contributed by atoms with Crippen LogP contribution in [0.3, 0.4) is 0 Å². The molecule has 2 atom stereocenters. The molecular weight excluding hydrogens is 425 g/mol. The molecule has 1 fully saturated rings. The molecule has 1 aliphatic heterocycles. The van der Waals surface area contributed by atoms with Crippen LogP contribution in [0.2, 0.25) is 0 Å². The van der Waals surface area contributed by atoms with E-state index >= 15 is 0 Å². The largest absolute Gasteiger partial charge is 0.481 e. The first-order valence-electron chi connectivity index (χ1n) is 11.3. The highest BCUT2D eigenvalue weighted by atomic mass is 19.1. The maximum atomic E-state index is 15.0. The SMILES string of the molecule is COC(C)C(C)Oc1ncc(-c2cnc(C)c(CC(=O)O)c2N2CCC(C)(C)CC2)cc1F. The number of nitrogens with zero attached hydrogens (tertiary/aromatic N) is 3. The van der Waals surface area contributed by atoms with Crippen molar-refractivity contribution in [2.45, 2.75) is 66.1 Å². The fourth-order valence-electron chi connectivity index (χ4n) is 4.03. The number of aliphatic carboxylic acids is 1. The monoisotopic (exact) mass is 459 g/mol. The second kappa shape index (κ2) is 10.0. The molecule has 0 aliphatic carbocycles. The van der Waals surface area contributed by atoms with E-state index in [9.17, 15) is 14.3 Å². The van der Waals surface area contributed by atoms with E-state index in [1.165, 1.54) is 6.07 Å². The van der Waals surface area contributed by atoms with Crippen LogP contribution < -0.4 is 9.64 Å². The van der Waals surface area contributed by atoms with E-state index in [-0.39, 0.29) is 29.9 Å². The van der Waals surface area contributed by atoms with Crippen LogP contribution in [0.15, 0.2) is 18.5 Å². The molecule has 180 valence electrons. The van der Waals surface area contributed by atoms with E-state index in [1.54, 1.807) is 26.4 Å². The van der Waals surface area contributed by atoms with Crippen LogP contribution in [0.25, 0.3) is 11.1 Å². The number of ether oxygens (including phenoxy) is 2. The number of aromatic nitrogens is 2. The van der Waals surface area contributed by atoms with Gasteiger partial charge < -0.3 is 19.5 Å². The predicted octanol–water partition coefficient (Wildman–Crippen LogP) is 4.65. The number of piperidine rings is 1. The summed E-state index contributed by atoms with van der Waals surface area (Å²) < 4.78 is 25.8. The fraction of sp³-hybridized carbons (Fsp3) is 0.560.